The zero-order chi connectivity index (χ0) is 15.6. The van der Waals surface area contributed by atoms with E-state index in [0.717, 1.165) is 5.69 Å². The highest BCUT2D eigenvalue weighted by Crippen LogP contribution is 2.24. The van der Waals surface area contributed by atoms with Crippen LogP contribution in [0.5, 0.6) is 0 Å². The molecule has 2 N–H and O–H groups in total. The molecule has 2 aromatic rings. The second kappa shape index (κ2) is 6.00. The summed E-state index contributed by atoms with van der Waals surface area (Å²) in [5.41, 5.74) is 10.1. The number of hydrogen-bond donors (Lipinski definition) is 1. The monoisotopic (exact) mass is 282 g/mol. The number of carbonyl (C=O) groups is 1. The fraction of sp³-hybridized carbons (Fsp3) is 0.278. The number of nitrogen functional groups attached to an aromatic ring is 1. The lowest BCUT2D eigenvalue weighted by molar-refractivity contribution is 0.103. The van der Waals surface area contributed by atoms with E-state index in [0.29, 0.717) is 22.7 Å². The first-order valence-corrected chi connectivity index (χ1v) is 7.11. The van der Waals surface area contributed by atoms with Gasteiger partial charge in [0.05, 0.1) is 11.4 Å². The van der Waals surface area contributed by atoms with Crippen LogP contribution in [-0.2, 0) is 0 Å². The van der Waals surface area contributed by atoms with Gasteiger partial charge in [0.15, 0.2) is 5.78 Å². The molecule has 0 spiro atoms. The maximum atomic E-state index is 12.5. The van der Waals surface area contributed by atoms with Crippen molar-refractivity contribution in [2.45, 2.75) is 19.8 Å². The van der Waals surface area contributed by atoms with Crippen molar-refractivity contribution >= 4 is 17.2 Å². The van der Waals surface area contributed by atoms with E-state index in [1.54, 1.807) is 6.07 Å². The van der Waals surface area contributed by atoms with Crippen molar-refractivity contribution in [1.82, 2.24) is 0 Å². The maximum Gasteiger partial charge on any atom is 0.193 e. The fourth-order valence-electron chi connectivity index (χ4n) is 2.29. The lowest BCUT2D eigenvalue weighted by Crippen LogP contribution is -2.12. The molecule has 3 nitrogen and oxygen atoms in total. The van der Waals surface area contributed by atoms with E-state index in [2.05, 4.69) is 13.8 Å². The van der Waals surface area contributed by atoms with Crippen LogP contribution in [0.25, 0.3) is 0 Å². The number of rotatable bonds is 4. The van der Waals surface area contributed by atoms with E-state index < -0.39 is 0 Å². The average Bonchev–Trinajstić information content (AvgIpc) is 2.46. The molecule has 0 fully saturated rings. The highest BCUT2D eigenvalue weighted by molar-refractivity contribution is 6.09. The second-order valence-corrected chi connectivity index (χ2v) is 5.77. The Hall–Kier alpha value is -2.29. The molecule has 0 bridgehead atoms. The van der Waals surface area contributed by atoms with Crippen LogP contribution >= 0.6 is 0 Å². The molecule has 0 aliphatic heterocycles. The van der Waals surface area contributed by atoms with Gasteiger partial charge in [0.2, 0.25) is 0 Å². The lowest BCUT2D eigenvalue weighted by Gasteiger charge is -2.15. The first-order valence-electron chi connectivity index (χ1n) is 7.11. The Morgan fingerprint density at radius 2 is 1.57 bits per heavy atom. The molecule has 110 valence electrons. The number of hydrogen-bond acceptors (Lipinski definition) is 3. The van der Waals surface area contributed by atoms with Crippen LogP contribution in [0, 0.1) is 0 Å². The summed E-state index contributed by atoms with van der Waals surface area (Å²) in [4.78, 5) is 14.4. The Morgan fingerprint density at radius 3 is 2.05 bits per heavy atom. The Kier molecular flexibility index (Phi) is 4.32. The van der Waals surface area contributed by atoms with Crippen LogP contribution in [0.2, 0.25) is 0 Å². The summed E-state index contributed by atoms with van der Waals surface area (Å²) < 4.78 is 0. The molecule has 0 aliphatic rings. The van der Waals surface area contributed by atoms with Gasteiger partial charge in [-0.25, -0.2) is 0 Å². The van der Waals surface area contributed by atoms with Gasteiger partial charge in [0, 0.05) is 25.2 Å². The number of ketones is 1. The maximum absolute atomic E-state index is 12.5. The van der Waals surface area contributed by atoms with E-state index in [-0.39, 0.29) is 5.78 Å². The van der Waals surface area contributed by atoms with Gasteiger partial charge in [-0.1, -0.05) is 38.1 Å². The molecule has 0 heterocycles. The highest BCUT2D eigenvalue weighted by Gasteiger charge is 2.12. The minimum Gasteiger partial charge on any atom is -0.397 e. The van der Waals surface area contributed by atoms with E-state index in [1.165, 1.54) is 5.56 Å². The van der Waals surface area contributed by atoms with Gasteiger partial charge in [0.25, 0.3) is 0 Å². The fourth-order valence-corrected chi connectivity index (χ4v) is 2.29. The van der Waals surface area contributed by atoms with Gasteiger partial charge in [-0.2, -0.15) is 0 Å². The van der Waals surface area contributed by atoms with Gasteiger partial charge in [0.1, 0.15) is 0 Å². The van der Waals surface area contributed by atoms with E-state index in [4.69, 9.17) is 5.73 Å². The Morgan fingerprint density at radius 1 is 1.00 bits per heavy atom. The van der Waals surface area contributed by atoms with Crippen molar-refractivity contribution in [1.29, 1.82) is 0 Å². The van der Waals surface area contributed by atoms with Crippen LogP contribution in [0.1, 0.15) is 41.3 Å². The third-order valence-electron chi connectivity index (χ3n) is 3.61. The molecule has 0 amide bonds. The summed E-state index contributed by atoms with van der Waals surface area (Å²) in [6.07, 6.45) is 0. The van der Waals surface area contributed by atoms with Gasteiger partial charge in [-0.15, -0.1) is 0 Å². The molecule has 3 heteroatoms. The molecule has 2 aromatic carbocycles. The second-order valence-electron chi connectivity index (χ2n) is 5.77. The summed E-state index contributed by atoms with van der Waals surface area (Å²) in [5.74, 6) is 0.464. The van der Waals surface area contributed by atoms with E-state index in [1.807, 2.05) is 55.4 Å². The van der Waals surface area contributed by atoms with Gasteiger partial charge >= 0.3 is 0 Å². The Bertz CT molecular complexity index is 643. The summed E-state index contributed by atoms with van der Waals surface area (Å²) in [6, 6.07) is 13.2. The van der Waals surface area contributed by atoms with Crippen molar-refractivity contribution in [2.24, 2.45) is 0 Å². The largest absolute Gasteiger partial charge is 0.397 e. The lowest BCUT2D eigenvalue weighted by atomic mass is 9.97. The highest BCUT2D eigenvalue weighted by atomic mass is 16.1. The number of benzene rings is 2. The van der Waals surface area contributed by atoms with Crippen molar-refractivity contribution in [3.05, 3.63) is 59.2 Å². The van der Waals surface area contributed by atoms with Crippen molar-refractivity contribution < 1.29 is 4.79 Å². The molecule has 0 atom stereocenters. The minimum atomic E-state index is 0.00214. The molecule has 0 saturated heterocycles. The van der Waals surface area contributed by atoms with Crippen LogP contribution < -0.4 is 10.6 Å². The van der Waals surface area contributed by atoms with Gasteiger partial charge in [-0.3, -0.25) is 4.79 Å². The zero-order valence-electron chi connectivity index (χ0n) is 13.1. The van der Waals surface area contributed by atoms with Crippen molar-refractivity contribution in [3.63, 3.8) is 0 Å². The predicted octanol–water partition coefficient (Wildman–Crippen LogP) is 3.69. The SMILES string of the molecule is CC(C)c1ccc(C(=O)c2ccc(N(C)C)c(N)c2)cc1. The van der Waals surface area contributed by atoms with E-state index >= 15 is 0 Å². The quantitative estimate of drug-likeness (QED) is 0.687. The van der Waals surface area contributed by atoms with Crippen LogP contribution in [-0.4, -0.2) is 19.9 Å². The minimum absolute atomic E-state index is 0.00214. The number of anilines is 2. The first kappa shape index (κ1) is 15.1. The molecular formula is C18H22N2O. The summed E-state index contributed by atoms with van der Waals surface area (Å²) in [6.45, 7) is 4.27. The number of nitrogens with two attached hydrogens (primary N) is 1. The molecule has 0 aliphatic carbocycles. The smallest absolute Gasteiger partial charge is 0.193 e. The zero-order valence-corrected chi connectivity index (χ0v) is 13.1. The normalized spacial score (nSPS) is 10.7. The van der Waals surface area contributed by atoms with Gasteiger partial charge < -0.3 is 10.6 Å². The molecule has 21 heavy (non-hydrogen) atoms. The Balaban J connectivity index is 2.29. The topological polar surface area (TPSA) is 46.3 Å². The third kappa shape index (κ3) is 3.24. The molecule has 0 unspecified atom stereocenters. The molecule has 0 radical (unpaired) electrons. The van der Waals surface area contributed by atoms with Crippen molar-refractivity contribution in [2.75, 3.05) is 24.7 Å². The number of nitrogens with zero attached hydrogens (tertiary/aromatic N) is 1. The summed E-state index contributed by atoms with van der Waals surface area (Å²) in [7, 11) is 3.86. The first-order chi connectivity index (χ1) is 9.90. The Labute approximate surface area is 126 Å². The molecule has 0 saturated carbocycles. The van der Waals surface area contributed by atoms with Crippen molar-refractivity contribution in [3.8, 4) is 0 Å². The molecular weight excluding hydrogens is 260 g/mol. The number of carbonyl (C=O) groups excluding carboxylic acids is 1. The predicted molar refractivity (Wildman–Crippen MR) is 89.1 cm³/mol. The standard InChI is InChI=1S/C18H22N2O/c1-12(2)13-5-7-14(8-6-13)18(21)15-9-10-17(20(3)4)16(19)11-15/h5-12H,19H2,1-4H3. The van der Waals surface area contributed by atoms with E-state index in [9.17, 15) is 4.79 Å². The van der Waals surface area contributed by atoms with Crippen LogP contribution in [0.15, 0.2) is 42.5 Å². The molecule has 2 rings (SSSR count). The molecule has 0 aromatic heterocycles. The van der Waals surface area contributed by atoms with Gasteiger partial charge in [-0.05, 0) is 29.7 Å². The van der Waals surface area contributed by atoms with Crippen LogP contribution in [0.3, 0.4) is 0 Å². The van der Waals surface area contributed by atoms with Crippen LogP contribution in [0.4, 0.5) is 11.4 Å². The average molecular weight is 282 g/mol. The summed E-state index contributed by atoms with van der Waals surface area (Å²) >= 11 is 0. The third-order valence-corrected chi connectivity index (χ3v) is 3.61. The summed E-state index contributed by atoms with van der Waals surface area (Å²) in [5, 5.41) is 0.